The second-order valence-electron chi connectivity index (χ2n) is 1.68. The highest BCUT2D eigenvalue weighted by atomic mass is 35.6. The molecule has 0 aliphatic rings. The Hall–Kier alpha value is -0.390. The fraction of sp³-hybridized carbons (Fsp3) is 0.500. The molecular formula is C4H5Cl3N2O3. The van der Waals surface area contributed by atoms with Gasteiger partial charge in [-0.1, -0.05) is 34.8 Å². The first-order chi connectivity index (χ1) is 5.31. The Kier molecular flexibility index (Phi) is 4.44. The fourth-order valence-electron chi connectivity index (χ4n) is 0.284. The molecule has 0 radical (unpaired) electrons. The molecule has 0 fully saturated rings. The van der Waals surface area contributed by atoms with Crippen molar-refractivity contribution in [1.29, 1.82) is 0 Å². The molecule has 70 valence electrons. The van der Waals surface area contributed by atoms with Crippen LogP contribution in [-0.2, 0) is 4.74 Å². The molecule has 0 saturated heterocycles. The van der Waals surface area contributed by atoms with Crippen LogP contribution in [-0.4, -0.2) is 22.5 Å². The van der Waals surface area contributed by atoms with Gasteiger partial charge in [0.1, 0.15) is 6.61 Å². The summed E-state index contributed by atoms with van der Waals surface area (Å²) in [6, 6.07) is -1.04. The van der Waals surface area contributed by atoms with E-state index in [1.165, 1.54) is 0 Å². The van der Waals surface area contributed by atoms with E-state index in [2.05, 4.69) is 10.5 Å². The van der Waals surface area contributed by atoms with E-state index in [1.54, 1.807) is 5.32 Å². The molecule has 0 atom stereocenters. The Labute approximate surface area is 83.1 Å². The van der Waals surface area contributed by atoms with E-state index >= 15 is 0 Å². The lowest BCUT2D eigenvalue weighted by Crippen LogP contribution is -2.36. The fourth-order valence-corrected chi connectivity index (χ4v) is 0.448. The maximum absolute atomic E-state index is 10.5. The van der Waals surface area contributed by atoms with Gasteiger partial charge in [0.15, 0.2) is 0 Å². The Morgan fingerprint density at radius 2 is 1.92 bits per heavy atom. The zero-order valence-corrected chi connectivity index (χ0v) is 7.91. The number of halogens is 3. The minimum atomic E-state index is -1.70. The molecule has 0 spiro atoms. The Balaban J connectivity index is 3.65. The molecule has 8 heteroatoms. The van der Waals surface area contributed by atoms with Crippen molar-refractivity contribution < 1.29 is 14.3 Å². The SMILES string of the molecule is NC(=O)NC(=O)OCC(Cl)(Cl)Cl. The van der Waals surface area contributed by atoms with Crippen LogP contribution in [0.4, 0.5) is 9.59 Å². The van der Waals surface area contributed by atoms with Crippen LogP contribution in [0.15, 0.2) is 0 Å². The normalized spacial score (nSPS) is 10.6. The summed E-state index contributed by atoms with van der Waals surface area (Å²) in [7, 11) is 0. The zero-order chi connectivity index (χ0) is 9.78. The first-order valence-corrected chi connectivity index (χ1v) is 3.74. The molecule has 0 unspecified atom stereocenters. The maximum Gasteiger partial charge on any atom is 0.415 e. The number of amides is 3. The van der Waals surface area contributed by atoms with Crippen LogP contribution >= 0.6 is 34.8 Å². The number of alkyl halides is 3. The van der Waals surface area contributed by atoms with Gasteiger partial charge in [0.2, 0.25) is 3.79 Å². The number of urea groups is 1. The molecule has 0 heterocycles. The standard InChI is InChI=1S/C4H5Cl3N2O3/c5-4(6,7)1-12-3(11)9-2(8)10/h1H2,(H3,8,9,10,11). The van der Waals surface area contributed by atoms with Gasteiger partial charge in [0.05, 0.1) is 0 Å². The predicted molar refractivity (Wildman–Crippen MR) is 44.4 cm³/mol. The summed E-state index contributed by atoms with van der Waals surface area (Å²) in [6.45, 7) is -0.462. The lowest BCUT2D eigenvalue weighted by molar-refractivity contribution is 0.150. The van der Waals surface area contributed by atoms with Crippen LogP contribution in [0, 0.1) is 0 Å². The van der Waals surface area contributed by atoms with Crippen LogP contribution in [0.2, 0.25) is 0 Å². The van der Waals surface area contributed by atoms with Crippen LogP contribution in [0.1, 0.15) is 0 Å². The van der Waals surface area contributed by atoms with Crippen molar-refractivity contribution in [2.24, 2.45) is 5.73 Å². The molecular weight excluding hydrogens is 230 g/mol. The number of rotatable bonds is 1. The monoisotopic (exact) mass is 234 g/mol. The topological polar surface area (TPSA) is 81.4 Å². The Morgan fingerprint density at radius 3 is 2.25 bits per heavy atom. The van der Waals surface area contributed by atoms with Gasteiger partial charge in [-0.15, -0.1) is 0 Å². The largest absolute Gasteiger partial charge is 0.445 e. The van der Waals surface area contributed by atoms with Gasteiger partial charge in [-0.2, -0.15) is 0 Å². The van der Waals surface area contributed by atoms with Crippen molar-refractivity contribution in [2.45, 2.75) is 3.79 Å². The minimum Gasteiger partial charge on any atom is -0.445 e. The second kappa shape index (κ2) is 4.59. The summed E-state index contributed by atoms with van der Waals surface area (Å²) in [5, 5.41) is 1.62. The number of hydrogen-bond acceptors (Lipinski definition) is 3. The number of nitrogens with two attached hydrogens (primary N) is 1. The summed E-state index contributed by atoms with van der Waals surface area (Å²) >= 11 is 15.7. The van der Waals surface area contributed by atoms with E-state index in [0.717, 1.165) is 0 Å². The van der Waals surface area contributed by atoms with E-state index in [-0.39, 0.29) is 0 Å². The molecule has 0 aliphatic carbocycles. The molecule has 3 N–H and O–H groups in total. The van der Waals surface area contributed by atoms with Crippen molar-refractivity contribution in [3.8, 4) is 0 Å². The van der Waals surface area contributed by atoms with Gasteiger partial charge in [-0.3, -0.25) is 0 Å². The molecule has 0 rings (SSSR count). The molecule has 0 aromatic heterocycles. The van der Waals surface area contributed by atoms with E-state index in [0.29, 0.717) is 0 Å². The maximum atomic E-state index is 10.5. The third-order valence-electron chi connectivity index (χ3n) is 0.592. The third kappa shape index (κ3) is 7.71. The van der Waals surface area contributed by atoms with Crippen LogP contribution in [0.25, 0.3) is 0 Å². The Bertz CT molecular complexity index is 190. The molecule has 0 aromatic rings. The van der Waals surface area contributed by atoms with Crippen LogP contribution in [0.5, 0.6) is 0 Å². The number of primary amides is 1. The number of ether oxygens (including phenoxy) is 1. The molecule has 0 aromatic carbocycles. The average Bonchev–Trinajstić information content (AvgIpc) is 1.80. The lowest BCUT2D eigenvalue weighted by Gasteiger charge is -2.10. The third-order valence-corrected chi connectivity index (χ3v) is 0.920. The molecule has 0 saturated carbocycles. The smallest absolute Gasteiger partial charge is 0.415 e. The highest BCUT2D eigenvalue weighted by molar-refractivity contribution is 6.67. The van der Waals surface area contributed by atoms with Crippen LogP contribution < -0.4 is 11.1 Å². The summed E-state index contributed by atoms with van der Waals surface area (Å²) in [4.78, 5) is 20.5. The van der Waals surface area contributed by atoms with E-state index < -0.39 is 22.5 Å². The first kappa shape index (κ1) is 11.6. The summed E-state index contributed by atoms with van der Waals surface area (Å²) in [6.07, 6.45) is -1.06. The summed E-state index contributed by atoms with van der Waals surface area (Å²) < 4.78 is 2.57. The number of hydrogen-bond donors (Lipinski definition) is 2. The number of nitrogens with one attached hydrogen (secondary N) is 1. The van der Waals surface area contributed by atoms with Gasteiger partial charge in [-0.05, 0) is 0 Å². The lowest BCUT2D eigenvalue weighted by atomic mass is 10.8. The highest BCUT2D eigenvalue weighted by Gasteiger charge is 2.22. The van der Waals surface area contributed by atoms with Gasteiger partial charge in [0.25, 0.3) is 0 Å². The average molecular weight is 235 g/mol. The highest BCUT2D eigenvalue weighted by Crippen LogP contribution is 2.25. The molecule has 0 aliphatic heterocycles. The second-order valence-corrected chi connectivity index (χ2v) is 4.20. The van der Waals surface area contributed by atoms with E-state index in [4.69, 9.17) is 34.8 Å². The molecule has 5 nitrogen and oxygen atoms in total. The van der Waals surface area contributed by atoms with Crippen molar-refractivity contribution in [3.63, 3.8) is 0 Å². The van der Waals surface area contributed by atoms with Gasteiger partial charge in [-0.25, -0.2) is 14.9 Å². The number of carbonyl (C=O) groups is 2. The van der Waals surface area contributed by atoms with Crippen LogP contribution in [0.3, 0.4) is 0 Å². The predicted octanol–water partition coefficient (Wildman–Crippen LogP) is 1.16. The molecule has 3 amide bonds. The number of imide groups is 1. The minimum absolute atomic E-state index is 0.462. The van der Waals surface area contributed by atoms with E-state index in [9.17, 15) is 9.59 Å². The van der Waals surface area contributed by atoms with Crippen molar-refractivity contribution >= 4 is 46.9 Å². The Morgan fingerprint density at radius 1 is 1.42 bits per heavy atom. The molecule has 12 heavy (non-hydrogen) atoms. The van der Waals surface area contributed by atoms with E-state index in [1.807, 2.05) is 0 Å². The first-order valence-electron chi connectivity index (χ1n) is 2.61. The van der Waals surface area contributed by atoms with Crippen molar-refractivity contribution in [1.82, 2.24) is 5.32 Å². The van der Waals surface area contributed by atoms with Gasteiger partial charge in [0, 0.05) is 0 Å². The van der Waals surface area contributed by atoms with Gasteiger partial charge >= 0.3 is 12.1 Å². The molecule has 0 bridgehead atoms. The quantitative estimate of drug-likeness (QED) is 0.669. The van der Waals surface area contributed by atoms with Crippen molar-refractivity contribution in [2.75, 3.05) is 6.61 Å². The van der Waals surface area contributed by atoms with Crippen molar-refractivity contribution in [3.05, 3.63) is 0 Å². The number of carbonyl (C=O) groups excluding carboxylic acids is 2. The number of alkyl carbamates (subject to hydrolysis) is 1. The summed E-state index contributed by atoms with van der Waals surface area (Å²) in [5.74, 6) is 0. The van der Waals surface area contributed by atoms with Gasteiger partial charge < -0.3 is 10.5 Å². The summed E-state index contributed by atoms with van der Waals surface area (Å²) in [5.41, 5.74) is 4.58. The zero-order valence-electron chi connectivity index (χ0n) is 5.64.